The Bertz CT molecular complexity index is 388. The summed E-state index contributed by atoms with van der Waals surface area (Å²) in [4.78, 5) is 0. The summed E-state index contributed by atoms with van der Waals surface area (Å²) in [5.41, 5.74) is 0.965. The molecule has 2 rings (SSSR count). The Hall–Kier alpha value is -0.540. The number of para-hydroxylation sites is 1. The number of phenolic OH excluding ortho intramolecular Hbond substituents is 1. The third-order valence-electron chi connectivity index (χ3n) is 4.04. The minimum atomic E-state index is 0.362. The van der Waals surface area contributed by atoms with Gasteiger partial charge in [-0.1, -0.05) is 31.4 Å². The van der Waals surface area contributed by atoms with E-state index in [1.54, 1.807) is 0 Å². The zero-order valence-electron chi connectivity index (χ0n) is 11.0. The first kappa shape index (κ1) is 13.9. The Balaban J connectivity index is 1.88. The van der Waals surface area contributed by atoms with Gasteiger partial charge in [0.15, 0.2) is 0 Å². The fraction of sp³-hybridized carbons (Fsp3) is 0.600. The second-order valence-corrected chi connectivity index (χ2v) is 6.17. The highest BCUT2D eigenvalue weighted by atomic mass is 79.9. The number of benzene rings is 1. The smallest absolute Gasteiger partial charge is 0.134 e. The fourth-order valence-corrected chi connectivity index (χ4v) is 3.18. The van der Waals surface area contributed by atoms with Crippen LogP contribution in [0.3, 0.4) is 0 Å². The number of aromatic hydroxyl groups is 1. The number of phenols is 1. The zero-order valence-corrected chi connectivity index (χ0v) is 12.5. The number of hydrogen-bond acceptors (Lipinski definition) is 2. The molecule has 1 saturated carbocycles. The van der Waals surface area contributed by atoms with Gasteiger partial charge in [0, 0.05) is 18.2 Å². The highest BCUT2D eigenvalue weighted by Crippen LogP contribution is 2.29. The molecule has 0 saturated heterocycles. The highest BCUT2D eigenvalue weighted by molar-refractivity contribution is 9.10. The third-order valence-corrected chi connectivity index (χ3v) is 4.68. The van der Waals surface area contributed by atoms with Crippen LogP contribution in [0, 0.1) is 5.92 Å². The van der Waals surface area contributed by atoms with Crippen LogP contribution in [0.2, 0.25) is 0 Å². The molecule has 3 heteroatoms. The van der Waals surface area contributed by atoms with Crippen molar-refractivity contribution in [2.24, 2.45) is 5.92 Å². The summed E-state index contributed by atoms with van der Waals surface area (Å²) < 4.78 is 0.770. The van der Waals surface area contributed by atoms with Crippen molar-refractivity contribution >= 4 is 15.9 Å². The second kappa shape index (κ2) is 6.58. The molecule has 0 aromatic heterocycles. The van der Waals surface area contributed by atoms with Crippen molar-refractivity contribution in [1.82, 2.24) is 5.32 Å². The Labute approximate surface area is 118 Å². The number of hydrogen-bond donors (Lipinski definition) is 2. The van der Waals surface area contributed by atoms with E-state index >= 15 is 0 Å². The predicted molar refractivity (Wildman–Crippen MR) is 78.7 cm³/mol. The number of nitrogens with one attached hydrogen (secondary N) is 1. The predicted octanol–water partition coefficient (Wildman–Crippen LogP) is 4.21. The number of rotatable bonds is 4. The Morgan fingerprint density at radius 3 is 2.78 bits per heavy atom. The molecule has 0 amide bonds. The molecule has 0 radical (unpaired) electrons. The van der Waals surface area contributed by atoms with Crippen molar-refractivity contribution in [1.29, 1.82) is 0 Å². The molecule has 0 aliphatic heterocycles. The second-order valence-electron chi connectivity index (χ2n) is 5.32. The monoisotopic (exact) mass is 311 g/mol. The van der Waals surface area contributed by atoms with E-state index in [1.165, 1.54) is 32.1 Å². The van der Waals surface area contributed by atoms with Gasteiger partial charge in [-0.15, -0.1) is 0 Å². The molecule has 2 nitrogen and oxygen atoms in total. The molecule has 0 spiro atoms. The topological polar surface area (TPSA) is 32.3 Å². The molecule has 0 unspecified atom stereocenters. The molecular formula is C15H22BrNO. The average Bonchev–Trinajstić information content (AvgIpc) is 2.41. The van der Waals surface area contributed by atoms with E-state index in [0.29, 0.717) is 11.8 Å². The molecule has 1 aromatic rings. The maximum absolute atomic E-state index is 9.93. The molecule has 100 valence electrons. The average molecular weight is 312 g/mol. The summed E-state index contributed by atoms with van der Waals surface area (Å²) in [5, 5.41) is 13.5. The minimum Gasteiger partial charge on any atom is -0.506 e. The van der Waals surface area contributed by atoms with E-state index < -0.39 is 0 Å². The summed E-state index contributed by atoms with van der Waals surface area (Å²) >= 11 is 3.35. The van der Waals surface area contributed by atoms with E-state index in [1.807, 2.05) is 18.2 Å². The van der Waals surface area contributed by atoms with Crippen LogP contribution in [-0.4, -0.2) is 11.1 Å². The molecule has 18 heavy (non-hydrogen) atoms. The van der Waals surface area contributed by atoms with E-state index in [-0.39, 0.29) is 0 Å². The normalized spacial score (nSPS) is 18.8. The van der Waals surface area contributed by atoms with Gasteiger partial charge in [-0.05, 0) is 47.7 Å². The molecule has 0 heterocycles. The number of halogens is 1. The van der Waals surface area contributed by atoms with Crippen LogP contribution in [0.1, 0.15) is 44.6 Å². The Kier molecular flexibility index (Phi) is 5.07. The van der Waals surface area contributed by atoms with E-state index in [0.717, 1.165) is 22.5 Å². The summed E-state index contributed by atoms with van der Waals surface area (Å²) in [6.07, 6.45) is 6.84. The lowest BCUT2D eigenvalue weighted by Crippen LogP contribution is -2.34. The lowest BCUT2D eigenvalue weighted by atomic mass is 9.84. The molecule has 1 aliphatic rings. The van der Waals surface area contributed by atoms with Crippen LogP contribution < -0.4 is 5.32 Å². The van der Waals surface area contributed by atoms with E-state index in [9.17, 15) is 5.11 Å². The van der Waals surface area contributed by atoms with Gasteiger partial charge < -0.3 is 10.4 Å². The van der Waals surface area contributed by atoms with Gasteiger partial charge in [-0.3, -0.25) is 0 Å². The van der Waals surface area contributed by atoms with Gasteiger partial charge >= 0.3 is 0 Å². The maximum atomic E-state index is 9.93. The van der Waals surface area contributed by atoms with Crippen LogP contribution in [0.25, 0.3) is 0 Å². The lowest BCUT2D eigenvalue weighted by Gasteiger charge is -2.28. The largest absolute Gasteiger partial charge is 0.506 e. The van der Waals surface area contributed by atoms with Crippen molar-refractivity contribution < 1.29 is 5.11 Å². The van der Waals surface area contributed by atoms with Crippen molar-refractivity contribution in [3.05, 3.63) is 28.2 Å². The van der Waals surface area contributed by atoms with E-state index in [2.05, 4.69) is 28.2 Å². The first-order valence-electron chi connectivity index (χ1n) is 6.88. The minimum absolute atomic E-state index is 0.362. The van der Waals surface area contributed by atoms with Crippen molar-refractivity contribution in [2.75, 3.05) is 0 Å². The van der Waals surface area contributed by atoms with Gasteiger partial charge in [0.05, 0.1) is 4.47 Å². The molecule has 1 fully saturated rings. The summed E-state index contributed by atoms with van der Waals surface area (Å²) in [5.74, 6) is 1.16. The molecule has 1 aromatic carbocycles. The summed E-state index contributed by atoms with van der Waals surface area (Å²) in [6, 6.07) is 6.33. The maximum Gasteiger partial charge on any atom is 0.134 e. The molecule has 1 atom stereocenters. The van der Waals surface area contributed by atoms with Crippen LogP contribution in [0.4, 0.5) is 0 Å². The highest BCUT2D eigenvalue weighted by Gasteiger charge is 2.19. The quantitative estimate of drug-likeness (QED) is 0.873. The first-order valence-corrected chi connectivity index (χ1v) is 7.67. The van der Waals surface area contributed by atoms with Gasteiger partial charge in [0.2, 0.25) is 0 Å². The van der Waals surface area contributed by atoms with Crippen molar-refractivity contribution in [2.45, 2.75) is 51.6 Å². The summed E-state index contributed by atoms with van der Waals surface area (Å²) in [6.45, 7) is 3.01. The zero-order chi connectivity index (χ0) is 13.0. The molecular weight excluding hydrogens is 290 g/mol. The molecule has 0 bridgehead atoms. The van der Waals surface area contributed by atoms with Crippen LogP contribution in [-0.2, 0) is 6.54 Å². The molecule has 2 N–H and O–H groups in total. The standard InChI is InChI=1S/C15H22BrNO/c1-11(12-6-3-2-4-7-12)17-10-13-8-5-9-14(16)15(13)18/h5,8-9,11-12,17-18H,2-4,6-7,10H2,1H3/t11-/m1/s1. The molecule has 1 aliphatic carbocycles. The Morgan fingerprint density at radius 2 is 2.06 bits per heavy atom. The van der Waals surface area contributed by atoms with Gasteiger partial charge in [0.1, 0.15) is 5.75 Å². The first-order chi connectivity index (χ1) is 8.68. The SMILES string of the molecule is C[C@@H](NCc1cccc(Br)c1O)C1CCCCC1. The summed E-state index contributed by atoms with van der Waals surface area (Å²) in [7, 11) is 0. The van der Waals surface area contributed by atoms with Crippen LogP contribution in [0.15, 0.2) is 22.7 Å². The van der Waals surface area contributed by atoms with Gasteiger partial charge in [0.25, 0.3) is 0 Å². The van der Waals surface area contributed by atoms with Crippen molar-refractivity contribution in [3.63, 3.8) is 0 Å². The van der Waals surface area contributed by atoms with Crippen LogP contribution in [0.5, 0.6) is 5.75 Å². The van der Waals surface area contributed by atoms with Crippen LogP contribution >= 0.6 is 15.9 Å². The Morgan fingerprint density at radius 1 is 1.33 bits per heavy atom. The van der Waals surface area contributed by atoms with E-state index in [4.69, 9.17) is 0 Å². The van der Waals surface area contributed by atoms with Gasteiger partial charge in [-0.2, -0.15) is 0 Å². The third kappa shape index (κ3) is 3.48. The lowest BCUT2D eigenvalue weighted by molar-refractivity contribution is 0.280. The van der Waals surface area contributed by atoms with Crippen molar-refractivity contribution in [3.8, 4) is 5.75 Å². The van der Waals surface area contributed by atoms with Gasteiger partial charge in [-0.25, -0.2) is 0 Å². The fourth-order valence-electron chi connectivity index (χ4n) is 2.77.